The number of aromatic nitrogens is 1. The van der Waals surface area contributed by atoms with Gasteiger partial charge in [0.25, 0.3) is 0 Å². The predicted octanol–water partition coefficient (Wildman–Crippen LogP) is 4.81. The lowest BCUT2D eigenvalue weighted by Gasteiger charge is -2.02. The lowest BCUT2D eigenvalue weighted by molar-refractivity contribution is 0.626. The van der Waals surface area contributed by atoms with Gasteiger partial charge in [-0.25, -0.2) is 9.37 Å². The number of rotatable bonds is 3. The third kappa shape index (κ3) is 2.93. The van der Waals surface area contributed by atoms with Gasteiger partial charge in [-0.2, -0.15) is 0 Å². The summed E-state index contributed by atoms with van der Waals surface area (Å²) >= 11 is 5.03. The Balaban J connectivity index is 1.78. The first kappa shape index (κ1) is 12.6. The van der Waals surface area contributed by atoms with Gasteiger partial charge in [-0.05, 0) is 35.9 Å². The van der Waals surface area contributed by atoms with Crippen LogP contribution in [-0.4, -0.2) is 4.98 Å². The topological polar surface area (TPSA) is 24.9 Å². The highest BCUT2D eigenvalue weighted by atomic mass is 79.9. The Bertz CT molecular complexity index is 726. The smallest absolute Gasteiger partial charge is 0.184 e. The maximum Gasteiger partial charge on any atom is 0.184 e. The third-order valence-corrected chi connectivity index (χ3v) is 4.15. The van der Waals surface area contributed by atoms with Gasteiger partial charge in [0.05, 0.1) is 10.2 Å². The second-order valence-corrected chi connectivity index (χ2v) is 6.06. The van der Waals surface area contributed by atoms with E-state index in [0.29, 0.717) is 6.54 Å². The Labute approximate surface area is 122 Å². The summed E-state index contributed by atoms with van der Waals surface area (Å²) in [6, 6.07) is 12.6. The zero-order valence-corrected chi connectivity index (χ0v) is 12.3. The number of nitrogens with one attached hydrogen (secondary N) is 1. The fraction of sp³-hybridized carbons (Fsp3) is 0.0714. The van der Waals surface area contributed by atoms with E-state index in [2.05, 4.69) is 26.2 Å². The van der Waals surface area contributed by atoms with Crippen LogP contribution >= 0.6 is 27.3 Å². The van der Waals surface area contributed by atoms with Gasteiger partial charge in [-0.15, -0.1) is 0 Å². The number of anilines is 1. The Kier molecular flexibility index (Phi) is 3.48. The minimum atomic E-state index is -0.215. The van der Waals surface area contributed by atoms with Crippen LogP contribution < -0.4 is 5.32 Å². The molecule has 0 spiro atoms. The van der Waals surface area contributed by atoms with Crippen molar-refractivity contribution in [2.45, 2.75) is 6.54 Å². The predicted molar refractivity (Wildman–Crippen MR) is 81.0 cm³/mol. The quantitative estimate of drug-likeness (QED) is 0.742. The van der Waals surface area contributed by atoms with E-state index in [1.165, 1.54) is 12.1 Å². The molecular weight excluding hydrogens is 327 g/mol. The van der Waals surface area contributed by atoms with Gasteiger partial charge in [-0.3, -0.25) is 0 Å². The molecule has 0 amide bonds. The number of nitrogens with zero attached hydrogens (tertiary/aromatic N) is 1. The largest absolute Gasteiger partial charge is 0.357 e. The maximum absolute atomic E-state index is 13.1. The van der Waals surface area contributed by atoms with Crippen LogP contribution in [0.1, 0.15) is 5.56 Å². The zero-order valence-electron chi connectivity index (χ0n) is 9.86. The molecule has 1 N–H and O–H groups in total. The van der Waals surface area contributed by atoms with E-state index >= 15 is 0 Å². The molecule has 0 aliphatic carbocycles. The molecule has 2 aromatic carbocycles. The number of fused-ring (bicyclic) bond motifs is 1. The van der Waals surface area contributed by atoms with E-state index in [1.807, 2.05) is 24.3 Å². The van der Waals surface area contributed by atoms with Crippen LogP contribution in [0.2, 0.25) is 0 Å². The number of halogens is 2. The van der Waals surface area contributed by atoms with Gasteiger partial charge >= 0.3 is 0 Å². The molecule has 0 aliphatic heterocycles. The van der Waals surface area contributed by atoms with E-state index in [1.54, 1.807) is 17.4 Å². The van der Waals surface area contributed by atoms with Gasteiger partial charge < -0.3 is 5.32 Å². The lowest BCUT2D eigenvalue weighted by Crippen LogP contribution is -1.98. The summed E-state index contributed by atoms with van der Waals surface area (Å²) in [6.45, 7) is 0.568. The first-order chi connectivity index (χ1) is 9.20. The molecule has 0 saturated carbocycles. The maximum atomic E-state index is 13.1. The van der Waals surface area contributed by atoms with E-state index in [0.717, 1.165) is 25.4 Å². The van der Waals surface area contributed by atoms with Crippen molar-refractivity contribution < 1.29 is 4.39 Å². The zero-order chi connectivity index (χ0) is 13.2. The Hall–Kier alpha value is -1.46. The lowest BCUT2D eigenvalue weighted by atomic mass is 10.2. The van der Waals surface area contributed by atoms with Crippen LogP contribution in [0.25, 0.3) is 10.2 Å². The molecule has 19 heavy (non-hydrogen) atoms. The highest BCUT2D eigenvalue weighted by molar-refractivity contribution is 9.10. The number of thiazole rings is 1. The SMILES string of the molecule is Fc1cccc(CNc2nc3ccc(Br)cc3s2)c1. The normalized spacial score (nSPS) is 10.8. The minimum Gasteiger partial charge on any atom is -0.357 e. The number of hydrogen-bond acceptors (Lipinski definition) is 3. The van der Waals surface area contributed by atoms with E-state index < -0.39 is 0 Å². The highest BCUT2D eigenvalue weighted by Crippen LogP contribution is 2.28. The molecule has 2 nitrogen and oxygen atoms in total. The molecule has 0 bridgehead atoms. The van der Waals surface area contributed by atoms with Crippen molar-refractivity contribution in [2.24, 2.45) is 0 Å². The van der Waals surface area contributed by atoms with Crippen molar-refractivity contribution >= 4 is 42.6 Å². The van der Waals surface area contributed by atoms with E-state index in [4.69, 9.17) is 0 Å². The first-order valence-corrected chi connectivity index (χ1v) is 7.36. The molecule has 1 heterocycles. The summed E-state index contributed by atoms with van der Waals surface area (Å²) in [7, 11) is 0. The van der Waals surface area contributed by atoms with E-state index in [-0.39, 0.29) is 5.82 Å². The van der Waals surface area contributed by atoms with Crippen LogP contribution in [-0.2, 0) is 6.54 Å². The summed E-state index contributed by atoms with van der Waals surface area (Å²) in [5, 5.41) is 4.07. The monoisotopic (exact) mass is 336 g/mol. The van der Waals surface area contributed by atoms with Gasteiger partial charge in [0, 0.05) is 11.0 Å². The van der Waals surface area contributed by atoms with Crippen molar-refractivity contribution in [1.29, 1.82) is 0 Å². The fourth-order valence-electron chi connectivity index (χ4n) is 1.80. The Morgan fingerprint density at radius 3 is 2.95 bits per heavy atom. The van der Waals surface area contributed by atoms with Crippen molar-refractivity contribution in [3.05, 3.63) is 58.3 Å². The van der Waals surface area contributed by atoms with Gasteiger partial charge in [-0.1, -0.05) is 39.4 Å². The van der Waals surface area contributed by atoms with Crippen molar-refractivity contribution in [1.82, 2.24) is 4.98 Å². The molecule has 0 radical (unpaired) electrons. The summed E-state index contributed by atoms with van der Waals surface area (Å²) in [5.74, 6) is -0.215. The average Bonchev–Trinajstić information content (AvgIpc) is 2.78. The van der Waals surface area contributed by atoms with Crippen LogP contribution in [0, 0.1) is 5.82 Å². The molecule has 0 fully saturated rings. The van der Waals surface area contributed by atoms with Crippen molar-refractivity contribution in [3.63, 3.8) is 0 Å². The van der Waals surface area contributed by atoms with E-state index in [9.17, 15) is 4.39 Å². The van der Waals surface area contributed by atoms with Gasteiger partial charge in [0.2, 0.25) is 0 Å². The highest BCUT2D eigenvalue weighted by Gasteiger charge is 2.04. The second-order valence-electron chi connectivity index (χ2n) is 4.11. The Morgan fingerprint density at radius 1 is 1.21 bits per heavy atom. The summed E-state index contributed by atoms with van der Waals surface area (Å²) in [5.41, 5.74) is 1.87. The molecule has 0 unspecified atom stereocenters. The van der Waals surface area contributed by atoms with Crippen molar-refractivity contribution in [3.8, 4) is 0 Å². The van der Waals surface area contributed by atoms with Crippen LogP contribution in [0.4, 0.5) is 9.52 Å². The first-order valence-electron chi connectivity index (χ1n) is 5.75. The number of benzene rings is 2. The fourth-order valence-corrected chi connectivity index (χ4v) is 3.21. The third-order valence-electron chi connectivity index (χ3n) is 2.68. The second kappa shape index (κ2) is 5.27. The molecule has 96 valence electrons. The molecule has 3 aromatic rings. The standard InChI is InChI=1S/C14H10BrFN2S/c15-10-4-5-12-13(7-10)19-14(18-12)17-8-9-2-1-3-11(16)6-9/h1-7H,8H2,(H,17,18). The van der Waals surface area contributed by atoms with Gasteiger partial charge in [0.1, 0.15) is 5.82 Å². The molecule has 1 aromatic heterocycles. The Morgan fingerprint density at radius 2 is 2.11 bits per heavy atom. The average molecular weight is 337 g/mol. The minimum absolute atomic E-state index is 0.215. The molecule has 0 aliphatic rings. The summed E-state index contributed by atoms with van der Waals surface area (Å²) < 4.78 is 15.2. The molecular formula is C14H10BrFN2S. The van der Waals surface area contributed by atoms with Gasteiger partial charge in [0.15, 0.2) is 5.13 Å². The summed E-state index contributed by atoms with van der Waals surface area (Å²) in [4.78, 5) is 4.48. The molecule has 3 rings (SSSR count). The number of hydrogen-bond donors (Lipinski definition) is 1. The van der Waals surface area contributed by atoms with Crippen molar-refractivity contribution in [2.75, 3.05) is 5.32 Å². The van der Waals surface area contributed by atoms with Crippen LogP contribution in [0.15, 0.2) is 46.9 Å². The van der Waals surface area contributed by atoms with Crippen LogP contribution in [0.3, 0.4) is 0 Å². The molecule has 0 saturated heterocycles. The molecule has 5 heteroatoms. The molecule has 0 atom stereocenters. The van der Waals surface area contributed by atoms with Crippen LogP contribution in [0.5, 0.6) is 0 Å². The summed E-state index contributed by atoms with van der Waals surface area (Å²) in [6.07, 6.45) is 0.